The van der Waals surface area contributed by atoms with Gasteiger partial charge in [0.05, 0.1) is 10.6 Å². The number of phenols is 1. The van der Waals surface area contributed by atoms with Crippen molar-refractivity contribution < 1.29 is 29.4 Å². The molecule has 0 aliphatic rings. The maximum atomic E-state index is 12.8. The molecule has 0 saturated heterocycles. The summed E-state index contributed by atoms with van der Waals surface area (Å²) in [6.45, 7) is 2.14. The summed E-state index contributed by atoms with van der Waals surface area (Å²) in [5, 5.41) is 22.0. The molecule has 0 heterocycles. The largest absolute Gasteiger partial charge is 0.506 e. The summed E-state index contributed by atoms with van der Waals surface area (Å²) in [4.78, 5) is 25.1. The zero-order valence-electron chi connectivity index (χ0n) is 18.6. The van der Waals surface area contributed by atoms with Crippen molar-refractivity contribution in [3.05, 3.63) is 63.1 Å². The lowest BCUT2D eigenvalue weighted by atomic mass is 9.99. The molecule has 0 saturated carbocycles. The van der Waals surface area contributed by atoms with Crippen LogP contribution >= 0.6 is 43.6 Å². The van der Waals surface area contributed by atoms with Gasteiger partial charge >= 0.3 is 6.09 Å². The Morgan fingerprint density at radius 2 is 1.91 bits per heavy atom. The Kier molecular flexibility index (Phi) is 11.9. The molecule has 0 aromatic heterocycles. The SMILES string of the molecule is CCO[C@H](CC/C=C/C(=O)NO)[C@H](OC(=O)Nc1ccc(SC)cc1)c1cc(Br)cc(Br)c1O. The van der Waals surface area contributed by atoms with Gasteiger partial charge in [-0.3, -0.25) is 15.3 Å². The van der Waals surface area contributed by atoms with Crippen LogP contribution < -0.4 is 10.8 Å². The topological polar surface area (TPSA) is 117 Å². The molecule has 4 N–H and O–H groups in total. The van der Waals surface area contributed by atoms with Crippen molar-refractivity contribution >= 4 is 61.3 Å². The van der Waals surface area contributed by atoms with E-state index in [0.29, 0.717) is 39.6 Å². The fraction of sp³-hybridized carbons (Fsp3) is 0.304. The number of allylic oxidation sites excluding steroid dienone is 1. The summed E-state index contributed by atoms with van der Waals surface area (Å²) in [6, 6.07) is 10.6. The highest BCUT2D eigenvalue weighted by Crippen LogP contribution is 2.39. The van der Waals surface area contributed by atoms with Crippen LogP contribution in [0.5, 0.6) is 5.75 Å². The molecule has 0 spiro atoms. The molecule has 2 amide bonds. The predicted molar refractivity (Wildman–Crippen MR) is 138 cm³/mol. The van der Waals surface area contributed by atoms with Gasteiger partial charge in [0.15, 0.2) is 6.10 Å². The van der Waals surface area contributed by atoms with E-state index in [9.17, 15) is 14.7 Å². The molecular formula is C23H26Br2N2O6S. The van der Waals surface area contributed by atoms with E-state index in [4.69, 9.17) is 14.7 Å². The first-order valence-corrected chi connectivity index (χ1v) is 13.1. The van der Waals surface area contributed by atoms with Gasteiger partial charge < -0.3 is 14.6 Å². The molecule has 0 radical (unpaired) electrons. The van der Waals surface area contributed by atoms with Gasteiger partial charge in [0, 0.05) is 33.3 Å². The second-order valence-electron chi connectivity index (χ2n) is 6.95. The van der Waals surface area contributed by atoms with Crippen molar-refractivity contribution in [1.29, 1.82) is 0 Å². The Bertz CT molecular complexity index is 1000. The minimum absolute atomic E-state index is 0.0785. The lowest BCUT2D eigenvalue weighted by molar-refractivity contribution is -0.124. The third kappa shape index (κ3) is 8.62. The maximum Gasteiger partial charge on any atom is 0.412 e. The number of carbonyl (C=O) groups is 2. The number of hydrogen-bond donors (Lipinski definition) is 4. The number of carbonyl (C=O) groups excluding carboxylic acids is 2. The maximum absolute atomic E-state index is 12.8. The first kappa shape index (κ1) is 28.2. The number of benzene rings is 2. The molecule has 2 aromatic rings. The number of anilines is 1. The number of amides is 2. The van der Waals surface area contributed by atoms with Gasteiger partial charge in [-0.15, -0.1) is 11.8 Å². The highest BCUT2D eigenvalue weighted by atomic mass is 79.9. The van der Waals surface area contributed by atoms with Crippen molar-refractivity contribution in [2.45, 2.75) is 36.9 Å². The van der Waals surface area contributed by atoms with Crippen LogP contribution in [0.25, 0.3) is 0 Å². The zero-order valence-corrected chi connectivity index (χ0v) is 22.6. The number of aromatic hydroxyl groups is 1. The normalized spacial score (nSPS) is 12.9. The number of rotatable bonds is 11. The summed E-state index contributed by atoms with van der Waals surface area (Å²) in [6.07, 6.45) is 3.18. The van der Waals surface area contributed by atoms with Crippen LogP contribution in [0.15, 0.2) is 62.4 Å². The van der Waals surface area contributed by atoms with Crippen molar-refractivity contribution in [2.75, 3.05) is 18.2 Å². The van der Waals surface area contributed by atoms with Crippen molar-refractivity contribution in [1.82, 2.24) is 5.48 Å². The quantitative estimate of drug-likeness (QED) is 0.103. The molecule has 0 fully saturated rings. The van der Waals surface area contributed by atoms with Gasteiger partial charge in [-0.05, 0) is 78.3 Å². The van der Waals surface area contributed by atoms with Crippen molar-refractivity contribution in [3.63, 3.8) is 0 Å². The van der Waals surface area contributed by atoms with Gasteiger partial charge in [-0.25, -0.2) is 10.3 Å². The Balaban J connectivity index is 2.30. The van der Waals surface area contributed by atoms with E-state index in [1.54, 1.807) is 42.1 Å². The van der Waals surface area contributed by atoms with E-state index < -0.39 is 24.2 Å². The van der Waals surface area contributed by atoms with E-state index in [1.807, 2.05) is 25.3 Å². The fourth-order valence-corrected chi connectivity index (χ4v) is 4.77. The summed E-state index contributed by atoms with van der Waals surface area (Å²) in [5.41, 5.74) is 2.44. The highest BCUT2D eigenvalue weighted by molar-refractivity contribution is 9.11. The second-order valence-corrected chi connectivity index (χ2v) is 9.60. The Morgan fingerprint density at radius 3 is 2.53 bits per heavy atom. The predicted octanol–water partition coefficient (Wildman–Crippen LogP) is 6.18. The molecule has 0 bridgehead atoms. The smallest absolute Gasteiger partial charge is 0.412 e. The third-order valence-electron chi connectivity index (χ3n) is 4.65. The number of phenolic OH excluding ortho intramolecular Hbond substituents is 1. The standard InChI is InChI=1S/C23H26Br2N2O6S/c1-3-32-19(6-4-5-7-20(28)27-31)22(17-12-14(24)13-18(25)21(17)29)33-23(30)26-15-8-10-16(34-2)11-9-15/h5,7-13,19,22,29,31H,3-4,6H2,1-2H3,(H,26,30)(H,27,28)/b7-5+/t19-,22-/m1/s1. The van der Waals surface area contributed by atoms with Gasteiger partial charge in [-0.1, -0.05) is 22.0 Å². The number of hydrogen-bond acceptors (Lipinski definition) is 7. The lowest BCUT2D eigenvalue weighted by Gasteiger charge is -2.28. The van der Waals surface area contributed by atoms with Crippen LogP contribution in [0.2, 0.25) is 0 Å². The van der Waals surface area contributed by atoms with Crippen LogP contribution in [-0.2, 0) is 14.3 Å². The van der Waals surface area contributed by atoms with Crippen LogP contribution in [0, 0.1) is 0 Å². The van der Waals surface area contributed by atoms with Gasteiger partial charge in [0.25, 0.3) is 5.91 Å². The van der Waals surface area contributed by atoms with E-state index >= 15 is 0 Å². The highest BCUT2D eigenvalue weighted by Gasteiger charge is 2.31. The van der Waals surface area contributed by atoms with Crippen LogP contribution in [0.3, 0.4) is 0 Å². The van der Waals surface area contributed by atoms with Crippen LogP contribution in [0.4, 0.5) is 10.5 Å². The molecule has 0 aliphatic carbocycles. The average Bonchev–Trinajstić information content (AvgIpc) is 2.82. The summed E-state index contributed by atoms with van der Waals surface area (Å²) >= 11 is 8.31. The zero-order chi connectivity index (χ0) is 25.1. The van der Waals surface area contributed by atoms with Crippen molar-refractivity contribution in [3.8, 4) is 5.75 Å². The summed E-state index contributed by atoms with van der Waals surface area (Å²) in [5.74, 6) is -0.730. The molecule has 2 atom stereocenters. The fourth-order valence-electron chi connectivity index (χ4n) is 3.10. The first-order valence-electron chi connectivity index (χ1n) is 10.3. The molecule has 2 rings (SSSR count). The first-order chi connectivity index (χ1) is 16.3. The Labute approximate surface area is 219 Å². The average molecular weight is 618 g/mol. The van der Waals surface area contributed by atoms with E-state index in [-0.39, 0.29) is 5.75 Å². The van der Waals surface area contributed by atoms with E-state index in [2.05, 4.69) is 37.2 Å². The number of nitrogens with one attached hydrogen (secondary N) is 2. The van der Waals surface area contributed by atoms with Crippen molar-refractivity contribution in [2.24, 2.45) is 0 Å². The Hall–Kier alpha value is -2.05. The molecule has 184 valence electrons. The molecular weight excluding hydrogens is 592 g/mol. The van der Waals surface area contributed by atoms with E-state index in [1.165, 1.54) is 11.6 Å². The number of halogens is 2. The number of thioether (sulfide) groups is 1. The van der Waals surface area contributed by atoms with Crippen LogP contribution in [-0.4, -0.2) is 41.3 Å². The molecule has 34 heavy (non-hydrogen) atoms. The summed E-state index contributed by atoms with van der Waals surface area (Å²) < 4.78 is 12.7. The van der Waals surface area contributed by atoms with Gasteiger partial charge in [-0.2, -0.15) is 0 Å². The van der Waals surface area contributed by atoms with Gasteiger partial charge in [0.1, 0.15) is 5.75 Å². The second kappa shape index (κ2) is 14.4. The van der Waals surface area contributed by atoms with Gasteiger partial charge in [0.2, 0.25) is 0 Å². The van der Waals surface area contributed by atoms with E-state index in [0.717, 1.165) is 4.90 Å². The molecule has 0 aliphatic heterocycles. The summed E-state index contributed by atoms with van der Waals surface area (Å²) in [7, 11) is 0. The molecule has 0 unspecified atom stereocenters. The number of ether oxygens (including phenoxy) is 2. The monoisotopic (exact) mass is 616 g/mol. The van der Waals surface area contributed by atoms with Crippen LogP contribution in [0.1, 0.15) is 31.4 Å². The number of hydroxylamine groups is 1. The Morgan fingerprint density at radius 1 is 1.21 bits per heavy atom. The molecule has 11 heteroatoms. The molecule has 2 aromatic carbocycles. The minimum Gasteiger partial charge on any atom is -0.506 e. The lowest BCUT2D eigenvalue weighted by Crippen LogP contribution is -2.29. The third-order valence-corrected chi connectivity index (χ3v) is 6.46. The molecule has 8 nitrogen and oxygen atoms in total. The minimum atomic E-state index is -0.959.